The Balaban J connectivity index is 2.53. The maximum atomic E-state index is 11.3. The highest BCUT2D eigenvalue weighted by Crippen LogP contribution is 2.12. The first-order valence-electron chi connectivity index (χ1n) is 5.69. The Kier molecular flexibility index (Phi) is 5.40. The Morgan fingerprint density at radius 2 is 1.90 bits per heavy atom. The summed E-state index contributed by atoms with van der Waals surface area (Å²) in [4.78, 5) is 33.8. The fourth-order valence-electron chi connectivity index (χ4n) is 1.18. The predicted octanol–water partition coefficient (Wildman–Crippen LogP) is 1.24. The summed E-state index contributed by atoms with van der Waals surface area (Å²) < 4.78 is 4.72. The van der Waals surface area contributed by atoms with E-state index in [4.69, 9.17) is 4.74 Å². The molecule has 106 valence electrons. The van der Waals surface area contributed by atoms with Crippen LogP contribution in [0.3, 0.4) is 0 Å². The lowest BCUT2D eigenvalue weighted by atomic mass is 10.2. The molecule has 0 N–H and O–H groups in total. The van der Waals surface area contributed by atoms with Crippen molar-refractivity contribution in [2.24, 2.45) is 0 Å². The Bertz CT molecular complexity index is 534. The normalized spacial score (nSPS) is 10.3. The van der Waals surface area contributed by atoms with Gasteiger partial charge in [0.25, 0.3) is 11.6 Å². The van der Waals surface area contributed by atoms with Gasteiger partial charge in [-0.25, -0.2) is 4.79 Å². The standard InChI is InChI=1S/C13H14N2O5/c1-14(2)12(16)9-20-13(17)8-5-10-3-6-11(7-4-10)15(18)19/h3-8H,9H2,1-2H3/b8-5+. The number of carbonyl (C=O) groups is 2. The number of carbonyl (C=O) groups excluding carboxylic acids is 2. The highest BCUT2D eigenvalue weighted by atomic mass is 16.6. The Morgan fingerprint density at radius 3 is 2.40 bits per heavy atom. The second kappa shape index (κ2) is 7.03. The minimum Gasteiger partial charge on any atom is -0.452 e. The number of hydrogen-bond donors (Lipinski definition) is 0. The highest BCUT2D eigenvalue weighted by Gasteiger charge is 2.07. The van der Waals surface area contributed by atoms with Crippen LogP contribution >= 0.6 is 0 Å². The van der Waals surface area contributed by atoms with Gasteiger partial charge in [-0.2, -0.15) is 0 Å². The number of nitro groups is 1. The minimum atomic E-state index is -0.654. The van der Waals surface area contributed by atoms with Crippen molar-refractivity contribution in [1.82, 2.24) is 4.90 Å². The summed E-state index contributed by atoms with van der Waals surface area (Å²) in [6, 6.07) is 5.68. The molecular weight excluding hydrogens is 264 g/mol. The van der Waals surface area contributed by atoms with E-state index in [0.29, 0.717) is 5.56 Å². The molecule has 7 nitrogen and oxygen atoms in total. The van der Waals surface area contributed by atoms with Gasteiger partial charge in [-0.3, -0.25) is 14.9 Å². The Labute approximate surface area is 115 Å². The van der Waals surface area contributed by atoms with Crippen molar-refractivity contribution in [3.05, 3.63) is 46.0 Å². The summed E-state index contributed by atoms with van der Waals surface area (Å²) in [7, 11) is 3.12. The molecule has 1 amide bonds. The van der Waals surface area contributed by atoms with Crippen LogP contribution in [0.2, 0.25) is 0 Å². The van der Waals surface area contributed by atoms with Crippen molar-refractivity contribution >= 4 is 23.6 Å². The van der Waals surface area contributed by atoms with Crippen molar-refractivity contribution < 1.29 is 19.2 Å². The van der Waals surface area contributed by atoms with Crippen molar-refractivity contribution in [3.63, 3.8) is 0 Å². The van der Waals surface area contributed by atoms with E-state index in [1.54, 1.807) is 14.1 Å². The lowest BCUT2D eigenvalue weighted by Gasteiger charge is -2.09. The number of likely N-dealkylation sites (N-methyl/N-ethyl adjacent to an activating group) is 1. The van der Waals surface area contributed by atoms with Crippen LogP contribution in [-0.2, 0) is 14.3 Å². The Hall–Kier alpha value is -2.70. The predicted molar refractivity (Wildman–Crippen MR) is 71.8 cm³/mol. The number of hydrogen-bond acceptors (Lipinski definition) is 5. The van der Waals surface area contributed by atoms with E-state index in [1.165, 1.54) is 35.2 Å². The largest absolute Gasteiger partial charge is 0.452 e. The molecule has 0 aliphatic rings. The maximum Gasteiger partial charge on any atom is 0.331 e. The van der Waals surface area contributed by atoms with Gasteiger partial charge in [0.1, 0.15) is 0 Å². The zero-order valence-electron chi connectivity index (χ0n) is 11.1. The summed E-state index contributed by atoms with van der Waals surface area (Å²) in [6.45, 7) is -0.323. The number of esters is 1. The molecule has 1 rings (SSSR count). The molecule has 0 atom stereocenters. The van der Waals surface area contributed by atoms with E-state index in [9.17, 15) is 19.7 Å². The monoisotopic (exact) mass is 278 g/mol. The molecule has 0 unspecified atom stereocenters. The van der Waals surface area contributed by atoms with Crippen LogP contribution < -0.4 is 0 Å². The van der Waals surface area contributed by atoms with Gasteiger partial charge in [0.15, 0.2) is 6.61 Å². The van der Waals surface area contributed by atoms with Gasteiger partial charge >= 0.3 is 5.97 Å². The van der Waals surface area contributed by atoms with Crippen molar-refractivity contribution in [2.45, 2.75) is 0 Å². The maximum absolute atomic E-state index is 11.3. The summed E-state index contributed by atoms with van der Waals surface area (Å²) in [6.07, 6.45) is 2.61. The van der Waals surface area contributed by atoms with Gasteiger partial charge in [-0.15, -0.1) is 0 Å². The van der Waals surface area contributed by atoms with E-state index in [1.807, 2.05) is 0 Å². The average Bonchev–Trinajstić information content (AvgIpc) is 2.42. The molecule has 0 aromatic heterocycles. The third-order valence-electron chi connectivity index (χ3n) is 2.35. The zero-order chi connectivity index (χ0) is 15.1. The summed E-state index contributed by atoms with van der Waals surface area (Å²) in [5, 5.41) is 10.5. The first kappa shape index (κ1) is 15.4. The van der Waals surface area contributed by atoms with Gasteiger partial charge in [0.2, 0.25) is 0 Å². The van der Waals surface area contributed by atoms with E-state index in [2.05, 4.69) is 0 Å². The molecule has 20 heavy (non-hydrogen) atoms. The molecule has 0 radical (unpaired) electrons. The van der Waals surface area contributed by atoms with Crippen LogP contribution in [-0.4, -0.2) is 42.4 Å². The molecule has 0 aliphatic heterocycles. The molecule has 0 saturated carbocycles. The SMILES string of the molecule is CN(C)C(=O)COC(=O)/C=C/c1ccc([N+](=O)[O-])cc1. The molecule has 0 fully saturated rings. The third-order valence-corrected chi connectivity index (χ3v) is 2.35. The van der Waals surface area contributed by atoms with Crippen LogP contribution in [0.5, 0.6) is 0 Å². The quantitative estimate of drug-likeness (QED) is 0.350. The molecule has 0 saturated heterocycles. The van der Waals surface area contributed by atoms with Crippen LogP contribution in [0.25, 0.3) is 6.08 Å². The molecule has 0 heterocycles. The summed E-state index contributed by atoms with van der Waals surface area (Å²) in [5.74, 6) is -0.972. The van der Waals surface area contributed by atoms with Gasteiger partial charge < -0.3 is 9.64 Å². The van der Waals surface area contributed by atoms with Crippen molar-refractivity contribution in [2.75, 3.05) is 20.7 Å². The van der Waals surface area contributed by atoms with E-state index < -0.39 is 10.9 Å². The fraction of sp³-hybridized carbons (Fsp3) is 0.231. The first-order chi connectivity index (χ1) is 9.40. The van der Waals surface area contributed by atoms with E-state index in [0.717, 1.165) is 6.08 Å². The third kappa shape index (κ3) is 4.89. The van der Waals surface area contributed by atoms with Crippen LogP contribution in [0.15, 0.2) is 30.3 Å². The number of nitro benzene ring substituents is 1. The summed E-state index contributed by atoms with van der Waals surface area (Å²) >= 11 is 0. The van der Waals surface area contributed by atoms with Gasteiger partial charge in [-0.1, -0.05) is 0 Å². The molecule has 1 aromatic rings. The van der Waals surface area contributed by atoms with Gasteiger partial charge in [0.05, 0.1) is 4.92 Å². The number of nitrogens with zero attached hydrogens (tertiary/aromatic N) is 2. The molecule has 0 bridgehead atoms. The fourth-order valence-corrected chi connectivity index (χ4v) is 1.18. The van der Waals surface area contributed by atoms with E-state index >= 15 is 0 Å². The molecule has 0 spiro atoms. The van der Waals surface area contributed by atoms with Crippen LogP contribution in [0.1, 0.15) is 5.56 Å². The first-order valence-corrected chi connectivity index (χ1v) is 5.69. The van der Waals surface area contributed by atoms with Crippen molar-refractivity contribution in [3.8, 4) is 0 Å². The molecule has 7 heteroatoms. The molecule has 0 aliphatic carbocycles. The number of amides is 1. The average molecular weight is 278 g/mol. The van der Waals surface area contributed by atoms with Crippen LogP contribution in [0, 0.1) is 10.1 Å². The van der Waals surface area contributed by atoms with Crippen LogP contribution in [0.4, 0.5) is 5.69 Å². The van der Waals surface area contributed by atoms with Crippen molar-refractivity contribution in [1.29, 1.82) is 0 Å². The highest BCUT2D eigenvalue weighted by molar-refractivity contribution is 5.89. The number of non-ortho nitro benzene ring substituents is 1. The minimum absolute atomic E-state index is 0.0266. The Morgan fingerprint density at radius 1 is 1.30 bits per heavy atom. The second-order valence-corrected chi connectivity index (χ2v) is 4.08. The smallest absolute Gasteiger partial charge is 0.331 e. The topological polar surface area (TPSA) is 89.8 Å². The number of benzene rings is 1. The molecule has 1 aromatic carbocycles. The van der Waals surface area contributed by atoms with Gasteiger partial charge in [-0.05, 0) is 23.8 Å². The number of rotatable bonds is 5. The lowest BCUT2D eigenvalue weighted by molar-refractivity contribution is -0.384. The van der Waals surface area contributed by atoms with E-state index in [-0.39, 0.29) is 18.2 Å². The second-order valence-electron chi connectivity index (χ2n) is 4.08. The summed E-state index contributed by atoms with van der Waals surface area (Å²) in [5.41, 5.74) is 0.591. The molecular formula is C13H14N2O5. The van der Waals surface area contributed by atoms with Gasteiger partial charge in [0, 0.05) is 32.3 Å². The lowest BCUT2D eigenvalue weighted by Crippen LogP contribution is -2.27. The zero-order valence-corrected chi connectivity index (χ0v) is 11.1. The number of ether oxygens (including phenoxy) is 1.